The Kier molecular flexibility index (Phi) is 5.76. The maximum Gasteiger partial charge on any atom is 0.287 e. The summed E-state index contributed by atoms with van der Waals surface area (Å²) in [6.07, 6.45) is 0. The van der Waals surface area contributed by atoms with Crippen LogP contribution in [0.2, 0.25) is 10.0 Å². The van der Waals surface area contributed by atoms with Gasteiger partial charge in [0.1, 0.15) is 6.00 Å². The Morgan fingerprint density at radius 1 is 1.38 bits per heavy atom. The molecule has 0 radical (unpaired) electrons. The molecule has 88 valence electrons. The van der Waals surface area contributed by atoms with Crippen molar-refractivity contribution in [1.29, 1.82) is 0 Å². The number of halogens is 3. The monoisotopic (exact) mass is 297 g/mol. The molecular weight excluding hydrogens is 289 g/mol. The summed E-state index contributed by atoms with van der Waals surface area (Å²) in [4.78, 5) is 13.1. The van der Waals surface area contributed by atoms with Crippen molar-refractivity contribution in [3.05, 3.63) is 28.2 Å². The minimum Gasteiger partial charge on any atom is -0.289 e. The molecule has 6 heteroatoms. The van der Waals surface area contributed by atoms with E-state index >= 15 is 0 Å². The van der Waals surface area contributed by atoms with Crippen molar-refractivity contribution in [3.8, 4) is 0 Å². The van der Waals surface area contributed by atoms with Gasteiger partial charge >= 0.3 is 0 Å². The Balaban J connectivity index is 2.95. The highest BCUT2D eigenvalue weighted by atomic mass is 35.5. The number of amides is 1. The van der Waals surface area contributed by atoms with Crippen LogP contribution in [0.15, 0.2) is 18.2 Å². The van der Waals surface area contributed by atoms with Gasteiger partial charge in [-0.15, -0.1) is 11.6 Å². The first-order chi connectivity index (χ1) is 7.60. The van der Waals surface area contributed by atoms with Crippen LogP contribution in [0.5, 0.6) is 0 Å². The van der Waals surface area contributed by atoms with Crippen LogP contribution in [0.1, 0.15) is 6.92 Å². The van der Waals surface area contributed by atoms with Crippen LogP contribution in [0.25, 0.3) is 0 Å². The van der Waals surface area contributed by atoms with Gasteiger partial charge in [-0.2, -0.15) is 0 Å². The molecule has 0 fully saturated rings. The topological polar surface area (TPSA) is 20.3 Å². The Bertz CT molecular complexity index is 386. The minimum absolute atomic E-state index is 0.0871. The second-order valence-corrected chi connectivity index (χ2v) is 5.11. The van der Waals surface area contributed by atoms with Crippen LogP contribution in [0.3, 0.4) is 0 Å². The highest BCUT2D eigenvalue weighted by Crippen LogP contribution is 2.28. The summed E-state index contributed by atoms with van der Waals surface area (Å²) < 4.78 is 0. The van der Waals surface area contributed by atoms with E-state index in [2.05, 4.69) is 0 Å². The highest BCUT2D eigenvalue weighted by Gasteiger charge is 2.15. The third-order valence-corrected chi connectivity index (χ3v) is 3.56. The van der Waals surface area contributed by atoms with Crippen molar-refractivity contribution in [3.63, 3.8) is 0 Å². The van der Waals surface area contributed by atoms with Gasteiger partial charge in [-0.25, -0.2) is 0 Å². The summed E-state index contributed by atoms with van der Waals surface area (Å²) in [5.41, 5.74) is 0.648. The maximum atomic E-state index is 11.7. The molecule has 0 saturated heterocycles. The molecule has 0 bridgehead atoms. The van der Waals surface area contributed by atoms with Gasteiger partial charge in [-0.3, -0.25) is 9.69 Å². The molecule has 0 N–H and O–H groups in total. The fourth-order valence-corrected chi connectivity index (χ4v) is 2.26. The Morgan fingerprint density at radius 3 is 2.56 bits per heavy atom. The van der Waals surface area contributed by atoms with Gasteiger partial charge < -0.3 is 0 Å². The molecule has 0 atom stereocenters. The van der Waals surface area contributed by atoms with Gasteiger partial charge in [0, 0.05) is 5.69 Å². The molecular formula is C10H10Cl3NOS. The molecule has 0 aliphatic carbocycles. The summed E-state index contributed by atoms with van der Waals surface area (Å²) >= 11 is 18.6. The van der Waals surface area contributed by atoms with E-state index in [1.54, 1.807) is 18.2 Å². The maximum absolute atomic E-state index is 11.7. The lowest BCUT2D eigenvalue weighted by atomic mass is 10.3. The number of carbonyl (C=O) groups excluding carboxylic acids is 1. The average molecular weight is 299 g/mol. The Morgan fingerprint density at radius 2 is 2.06 bits per heavy atom. The van der Waals surface area contributed by atoms with Crippen LogP contribution in [0, 0.1) is 0 Å². The molecule has 0 aromatic heterocycles. The summed E-state index contributed by atoms with van der Waals surface area (Å²) in [6, 6.07) is 5.07. The molecule has 0 saturated carbocycles. The molecule has 1 rings (SSSR count). The highest BCUT2D eigenvalue weighted by molar-refractivity contribution is 8.13. The van der Waals surface area contributed by atoms with Gasteiger partial charge in [0.15, 0.2) is 0 Å². The number of benzene rings is 1. The molecule has 1 aromatic carbocycles. The average Bonchev–Trinajstić information content (AvgIpc) is 2.25. The van der Waals surface area contributed by atoms with Crippen molar-refractivity contribution < 1.29 is 4.79 Å². The summed E-state index contributed by atoms with van der Waals surface area (Å²) in [5.74, 6) is 0.702. The zero-order chi connectivity index (χ0) is 12.1. The SMILES string of the molecule is CCSC(=O)N(CCl)c1ccc(Cl)c(Cl)c1. The van der Waals surface area contributed by atoms with Crippen molar-refractivity contribution in [2.45, 2.75) is 6.92 Å². The lowest BCUT2D eigenvalue weighted by Gasteiger charge is -2.19. The first-order valence-electron chi connectivity index (χ1n) is 4.55. The standard InChI is InChI=1S/C10H10Cl3NOS/c1-2-16-10(15)14(6-11)7-3-4-8(12)9(13)5-7/h3-5H,2,6H2,1H3. The molecule has 0 heterocycles. The third kappa shape index (κ3) is 3.45. The first kappa shape index (κ1) is 14.0. The van der Waals surface area contributed by atoms with Crippen molar-refractivity contribution in [1.82, 2.24) is 0 Å². The number of hydrogen-bond donors (Lipinski definition) is 0. The fraction of sp³-hybridized carbons (Fsp3) is 0.300. The van der Waals surface area contributed by atoms with E-state index in [0.29, 0.717) is 21.5 Å². The number of alkyl halides is 1. The zero-order valence-electron chi connectivity index (χ0n) is 8.54. The molecule has 0 aliphatic rings. The molecule has 2 nitrogen and oxygen atoms in total. The van der Waals surface area contributed by atoms with Gasteiger partial charge in [0.05, 0.1) is 10.0 Å². The third-order valence-electron chi connectivity index (χ3n) is 1.82. The van der Waals surface area contributed by atoms with E-state index in [0.717, 1.165) is 0 Å². The number of carbonyl (C=O) groups is 1. The van der Waals surface area contributed by atoms with Crippen LogP contribution >= 0.6 is 46.6 Å². The van der Waals surface area contributed by atoms with Gasteiger partial charge in [0.2, 0.25) is 0 Å². The zero-order valence-corrected chi connectivity index (χ0v) is 11.6. The lowest BCUT2D eigenvalue weighted by molar-refractivity contribution is 0.266. The van der Waals surface area contributed by atoms with Crippen molar-refractivity contribution >= 4 is 57.5 Å². The summed E-state index contributed by atoms with van der Waals surface area (Å²) in [7, 11) is 0. The predicted octanol–water partition coefficient (Wildman–Crippen LogP) is 4.87. The quantitative estimate of drug-likeness (QED) is 0.586. The first-order valence-corrected chi connectivity index (χ1v) is 6.83. The number of anilines is 1. The number of rotatable bonds is 3. The second-order valence-electron chi connectivity index (χ2n) is 2.84. The normalized spacial score (nSPS) is 10.2. The van der Waals surface area contributed by atoms with E-state index in [9.17, 15) is 4.79 Å². The number of hydrogen-bond acceptors (Lipinski definition) is 2. The largest absolute Gasteiger partial charge is 0.289 e. The molecule has 0 aliphatic heterocycles. The minimum atomic E-state index is -0.101. The van der Waals surface area contributed by atoms with Crippen LogP contribution in [-0.2, 0) is 0 Å². The van der Waals surface area contributed by atoms with Gasteiger partial charge in [-0.1, -0.05) is 41.9 Å². The summed E-state index contributed by atoms with van der Waals surface area (Å²) in [6.45, 7) is 1.91. The summed E-state index contributed by atoms with van der Waals surface area (Å²) in [5, 5.41) is 0.759. The second kappa shape index (κ2) is 6.60. The molecule has 16 heavy (non-hydrogen) atoms. The van der Waals surface area contributed by atoms with Gasteiger partial charge in [-0.05, 0) is 24.0 Å². The molecule has 0 unspecified atom stereocenters. The predicted molar refractivity (Wildman–Crippen MR) is 73.2 cm³/mol. The Labute approximate surface area is 114 Å². The lowest BCUT2D eigenvalue weighted by Crippen LogP contribution is -2.25. The number of thioether (sulfide) groups is 1. The fourth-order valence-electron chi connectivity index (χ4n) is 1.08. The van der Waals surface area contributed by atoms with E-state index < -0.39 is 0 Å². The molecule has 1 amide bonds. The van der Waals surface area contributed by atoms with Crippen molar-refractivity contribution in [2.24, 2.45) is 0 Å². The van der Waals surface area contributed by atoms with Crippen LogP contribution < -0.4 is 4.90 Å². The van der Waals surface area contributed by atoms with E-state index in [1.165, 1.54) is 16.7 Å². The number of nitrogens with zero attached hydrogens (tertiary/aromatic N) is 1. The van der Waals surface area contributed by atoms with Gasteiger partial charge in [0.25, 0.3) is 5.24 Å². The smallest absolute Gasteiger partial charge is 0.287 e. The van der Waals surface area contributed by atoms with E-state index in [1.807, 2.05) is 6.92 Å². The molecule has 1 aromatic rings. The molecule has 0 spiro atoms. The van der Waals surface area contributed by atoms with Crippen molar-refractivity contribution in [2.75, 3.05) is 16.7 Å². The van der Waals surface area contributed by atoms with Crippen LogP contribution in [0.4, 0.5) is 10.5 Å². The van der Waals surface area contributed by atoms with E-state index in [-0.39, 0.29) is 11.2 Å². The van der Waals surface area contributed by atoms with E-state index in [4.69, 9.17) is 34.8 Å². The van der Waals surface area contributed by atoms with Crippen LogP contribution in [-0.4, -0.2) is 17.0 Å². The Hall–Kier alpha value is -0.0900.